The summed E-state index contributed by atoms with van der Waals surface area (Å²) < 4.78 is 5.29. The van der Waals surface area contributed by atoms with Crippen molar-refractivity contribution in [2.75, 3.05) is 13.1 Å². The molecule has 0 saturated heterocycles. The van der Waals surface area contributed by atoms with Crippen LogP contribution in [0.25, 0.3) is 0 Å². The van der Waals surface area contributed by atoms with Crippen LogP contribution in [0.1, 0.15) is 44.3 Å². The van der Waals surface area contributed by atoms with Crippen molar-refractivity contribution in [1.82, 2.24) is 20.4 Å². The first-order chi connectivity index (χ1) is 10.9. The summed E-state index contributed by atoms with van der Waals surface area (Å²) in [5, 5.41) is 8.94. The van der Waals surface area contributed by atoms with Gasteiger partial charge in [0.25, 0.3) is 0 Å². The van der Waals surface area contributed by atoms with E-state index in [1.165, 1.54) is 0 Å². The van der Waals surface area contributed by atoms with Gasteiger partial charge in [0.05, 0.1) is 19.6 Å². The van der Waals surface area contributed by atoms with Gasteiger partial charge in [-0.05, 0) is 18.0 Å². The average Bonchev–Trinajstić information content (AvgIpc) is 3.15. The van der Waals surface area contributed by atoms with E-state index in [0.29, 0.717) is 31.3 Å². The Kier molecular flexibility index (Phi) is 5.90. The smallest absolute Gasteiger partial charge is 0.240 e. The summed E-state index contributed by atoms with van der Waals surface area (Å²) in [4.78, 5) is 19.6. The highest BCUT2D eigenvalue weighted by atomic mass is 32.1. The number of nitrogens with one attached hydrogen (secondary N) is 1. The molecule has 0 aliphatic carbocycles. The number of hydrogen-bond acceptors (Lipinski definition) is 6. The van der Waals surface area contributed by atoms with Crippen LogP contribution in [-0.4, -0.2) is 34.0 Å². The molecule has 1 amide bonds. The minimum absolute atomic E-state index is 0.00388. The summed E-state index contributed by atoms with van der Waals surface area (Å²) >= 11 is 1.64. The SMILES string of the molecule is CCN(CC(=O)NCc1cccs1)Cc1nc(C(C)(C)C)no1. The van der Waals surface area contributed by atoms with Crippen LogP contribution in [0.2, 0.25) is 0 Å². The van der Waals surface area contributed by atoms with Crippen LogP contribution in [0.4, 0.5) is 0 Å². The molecule has 6 nitrogen and oxygen atoms in total. The normalized spacial score (nSPS) is 11.9. The Hall–Kier alpha value is -1.73. The van der Waals surface area contributed by atoms with Gasteiger partial charge >= 0.3 is 0 Å². The molecule has 0 bridgehead atoms. The van der Waals surface area contributed by atoms with Gasteiger partial charge in [-0.1, -0.05) is 38.9 Å². The number of aromatic nitrogens is 2. The molecule has 23 heavy (non-hydrogen) atoms. The Bertz CT molecular complexity index is 616. The van der Waals surface area contributed by atoms with Gasteiger partial charge in [0.1, 0.15) is 0 Å². The average molecular weight is 336 g/mol. The Morgan fingerprint density at radius 2 is 2.22 bits per heavy atom. The Morgan fingerprint density at radius 1 is 1.43 bits per heavy atom. The van der Waals surface area contributed by atoms with Crippen molar-refractivity contribution >= 4 is 17.2 Å². The second-order valence-corrected chi connectivity index (χ2v) is 7.45. The first-order valence-corrected chi connectivity index (χ1v) is 8.61. The van der Waals surface area contributed by atoms with Gasteiger partial charge in [-0.3, -0.25) is 9.69 Å². The molecule has 0 unspecified atom stereocenters. The zero-order chi connectivity index (χ0) is 16.9. The summed E-state index contributed by atoms with van der Waals surface area (Å²) in [6, 6.07) is 3.99. The molecule has 0 fully saturated rings. The number of thiophene rings is 1. The molecule has 2 rings (SSSR count). The summed E-state index contributed by atoms with van der Waals surface area (Å²) in [5.41, 5.74) is -0.142. The van der Waals surface area contributed by atoms with Gasteiger partial charge in [-0.15, -0.1) is 11.3 Å². The first kappa shape index (κ1) is 17.6. The van der Waals surface area contributed by atoms with E-state index in [2.05, 4.69) is 15.5 Å². The van der Waals surface area contributed by atoms with Crippen LogP contribution in [-0.2, 0) is 23.3 Å². The third-order valence-electron chi connectivity index (χ3n) is 3.35. The highest BCUT2D eigenvalue weighted by molar-refractivity contribution is 7.09. The summed E-state index contributed by atoms with van der Waals surface area (Å²) in [6.45, 7) is 10.2. The molecule has 0 atom stereocenters. The molecule has 2 heterocycles. The predicted molar refractivity (Wildman–Crippen MR) is 90.1 cm³/mol. The summed E-state index contributed by atoms with van der Waals surface area (Å²) in [6.07, 6.45) is 0. The summed E-state index contributed by atoms with van der Waals surface area (Å²) in [7, 11) is 0. The quantitative estimate of drug-likeness (QED) is 0.841. The van der Waals surface area contributed by atoms with Crippen LogP contribution < -0.4 is 5.32 Å². The number of carbonyl (C=O) groups excluding carboxylic acids is 1. The maximum absolute atomic E-state index is 12.0. The Labute approximate surface area is 140 Å². The molecule has 2 aromatic heterocycles. The molecule has 0 radical (unpaired) electrons. The predicted octanol–water partition coefficient (Wildman–Crippen LogP) is 2.57. The molecule has 7 heteroatoms. The van der Waals surface area contributed by atoms with E-state index >= 15 is 0 Å². The second-order valence-electron chi connectivity index (χ2n) is 6.42. The molecule has 0 aliphatic rings. The number of hydrogen-bond donors (Lipinski definition) is 1. The Balaban J connectivity index is 1.84. The zero-order valence-electron chi connectivity index (χ0n) is 14.1. The van der Waals surface area contributed by atoms with Crippen molar-refractivity contribution in [1.29, 1.82) is 0 Å². The molecule has 0 saturated carbocycles. The lowest BCUT2D eigenvalue weighted by Crippen LogP contribution is -2.36. The maximum Gasteiger partial charge on any atom is 0.240 e. The molecule has 0 spiro atoms. The van der Waals surface area contributed by atoms with E-state index in [-0.39, 0.29) is 11.3 Å². The molecule has 2 aromatic rings. The van der Waals surface area contributed by atoms with Gasteiger partial charge in [-0.2, -0.15) is 4.98 Å². The lowest BCUT2D eigenvalue weighted by molar-refractivity contribution is -0.122. The summed E-state index contributed by atoms with van der Waals surface area (Å²) in [5.74, 6) is 1.23. The highest BCUT2D eigenvalue weighted by Crippen LogP contribution is 2.18. The monoisotopic (exact) mass is 336 g/mol. The van der Waals surface area contributed by atoms with Crippen LogP contribution in [0, 0.1) is 0 Å². The number of carbonyl (C=O) groups is 1. The largest absolute Gasteiger partial charge is 0.350 e. The fourth-order valence-corrected chi connectivity index (χ4v) is 2.60. The standard InChI is InChI=1S/C16H24N4O2S/c1-5-20(10-13(21)17-9-12-7-6-8-23-12)11-14-18-15(19-22-14)16(2,3)4/h6-8H,5,9-11H2,1-4H3,(H,17,21). The molecule has 0 aromatic carbocycles. The van der Waals surface area contributed by atoms with E-state index in [9.17, 15) is 4.79 Å². The maximum atomic E-state index is 12.0. The third-order valence-corrected chi connectivity index (χ3v) is 4.23. The lowest BCUT2D eigenvalue weighted by atomic mass is 9.96. The minimum atomic E-state index is -0.142. The number of rotatable bonds is 7. The number of likely N-dealkylation sites (N-methyl/N-ethyl adjacent to an activating group) is 1. The topological polar surface area (TPSA) is 71.3 Å². The first-order valence-electron chi connectivity index (χ1n) is 7.73. The minimum Gasteiger partial charge on any atom is -0.350 e. The van der Waals surface area contributed by atoms with E-state index in [1.807, 2.05) is 50.1 Å². The molecular formula is C16H24N4O2S. The van der Waals surface area contributed by atoms with Gasteiger partial charge in [0.2, 0.25) is 11.8 Å². The van der Waals surface area contributed by atoms with Crippen molar-refractivity contribution in [3.8, 4) is 0 Å². The molecular weight excluding hydrogens is 312 g/mol. The van der Waals surface area contributed by atoms with Crippen molar-refractivity contribution in [3.63, 3.8) is 0 Å². The van der Waals surface area contributed by atoms with Crippen molar-refractivity contribution in [2.45, 2.75) is 46.2 Å². The van der Waals surface area contributed by atoms with Gasteiger partial charge < -0.3 is 9.84 Å². The molecule has 126 valence electrons. The third kappa shape index (κ3) is 5.44. The van der Waals surface area contributed by atoms with Crippen LogP contribution in [0.5, 0.6) is 0 Å². The van der Waals surface area contributed by atoms with Crippen molar-refractivity contribution < 1.29 is 9.32 Å². The van der Waals surface area contributed by atoms with E-state index in [1.54, 1.807) is 11.3 Å². The van der Waals surface area contributed by atoms with Gasteiger partial charge in [-0.25, -0.2) is 0 Å². The number of amides is 1. The van der Waals surface area contributed by atoms with Gasteiger partial charge in [0.15, 0.2) is 5.82 Å². The fraction of sp³-hybridized carbons (Fsp3) is 0.562. The fourth-order valence-electron chi connectivity index (χ4n) is 1.95. The van der Waals surface area contributed by atoms with Crippen molar-refractivity contribution in [2.24, 2.45) is 0 Å². The number of nitrogens with zero attached hydrogens (tertiary/aromatic N) is 3. The molecule has 0 aliphatic heterocycles. The van der Waals surface area contributed by atoms with Crippen molar-refractivity contribution in [3.05, 3.63) is 34.1 Å². The molecule has 1 N–H and O–H groups in total. The zero-order valence-corrected chi connectivity index (χ0v) is 14.9. The van der Waals surface area contributed by atoms with Crippen LogP contribution >= 0.6 is 11.3 Å². The van der Waals surface area contributed by atoms with Crippen LogP contribution in [0.3, 0.4) is 0 Å². The van der Waals surface area contributed by atoms with Gasteiger partial charge in [0, 0.05) is 10.3 Å². The Morgan fingerprint density at radius 3 is 2.78 bits per heavy atom. The van der Waals surface area contributed by atoms with Crippen LogP contribution in [0.15, 0.2) is 22.0 Å². The lowest BCUT2D eigenvalue weighted by Gasteiger charge is -2.17. The second kappa shape index (κ2) is 7.70. The van der Waals surface area contributed by atoms with E-state index < -0.39 is 0 Å². The highest BCUT2D eigenvalue weighted by Gasteiger charge is 2.22. The van der Waals surface area contributed by atoms with E-state index in [4.69, 9.17) is 4.52 Å². The van der Waals surface area contributed by atoms with E-state index in [0.717, 1.165) is 11.4 Å².